The summed E-state index contributed by atoms with van der Waals surface area (Å²) in [4.78, 5) is 27.3. The second-order valence-electron chi connectivity index (χ2n) is 7.09. The molecule has 168 valence electrons. The van der Waals surface area contributed by atoms with Crippen LogP contribution in [0.4, 0.5) is 0 Å². The quantitative estimate of drug-likeness (QED) is 0.489. The van der Waals surface area contributed by atoms with Crippen LogP contribution in [-0.2, 0) is 16.1 Å². The van der Waals surface area contributed by atoms with Crippen molar-refractivity contribution in [2.24, 2.45) is 0 Å². The number of likely N-dealkylation sites (N-methyl/N-ethyl adjacent to an activating group) is 1. The van der Waals surface area contributed by atoms with E-state index in [1.54, 1.807) is 36.3 Å². The minimum Gasteiger partial charge on any atom is -0.497 e. The minimum absolute atomic E-state index is 0.0753. The number of nitrogens with one attached hydrogen (secondary N) is 1. The fourth-order valence-electron chi connectivity index (χ4n) is 3.23. The zero-order chi connectivity index (χ0) is 22.6. The summed E-state index contributed by atoms with van der Waals surface area (Å²) in [6.45, 7) is 5.07. The number of amides is 2. The fraction of sp³-hybridized carbons (Fsp3) is 0.417. The van der Waals surface area contributed by atoms with Gasteiger partial charge < -0.3 is 19.7 Å². The summed E-state index contributed by atoms with van der Waals surface area (Å²) in [7, 11) is 1.61. The van der Waals surface area contributed by atoms with Crippen molar-refractivity contribution in [2.45, 2.75) is 45.7 Å². The number of carbonyl (C=O) groups is 2. The molecule has 0 bridgehead atoms. The Morgan fingerprint density at radius 2 is 1.68 bits per heavy atom. The molecule has 0 fully saturated rings. The Bertz CT molecular complexity index is 824. The third-order valence-corrected chi connectivity index (χ3v) is 5.12. The monoisotopic (exact) mass is 446 g/mol. The summed E-state index contributed by atoms with van der Waals surface area (Å²) in [5.74, 6) is 1.25. The molecule has 7 heteroatoms. The predicted molar refractivity (Wildman–Crippen MR) is 122 cm³/mol. The average molecular weight is 447 g/mol. The first kappa shape index (κ1) is 24.5. The normalized spacial score (nSPS) is 11.5. The first-order chi connectivity index (χ1) is 15.0. The number of methoxy groups -OCH3 is 1. The highest BCUT2D eigenvalue weighted by Crippen LogP contribution is 2.18. The Kier molecular flexibility index (Phi) is 10.2. The molecule has 0 aliphatic carbocycles. The summed E-state index contributed by atoms with van der Waals surface area (Å²) < 4.78 is 10.9. The van der Waals surface area contributed by atoms with Crippen molar-refractivity contribution >= 4 is 23.4 Å². The maximum absolute atomic E-state index is 13.1. The number of benzene rings is 2. The van der Waals surface area contributed by atoms with Gasteiger partial charge in [0.05, 0.1) is 13.7 Å². The van der Waals surface area contributed by atoms with Crippen LogP contribution in [0.2, 0.25) is 5.02 Å². The van der Waals surface area contributed by atoms with Gasteiger partial charge in [-0.15, -0.1) is 0 Å². The highest BCUT2D eigenvalue weighted by molar-refractivity contribution is 6.30. The standard InChI is InChI=1S/C24H31ClN2O4/c1-4-22(24(29)26-5-2)27(17-18-8-12-20(30-3)13-9-18)23(28)7-6-16-31-21-14-10-19(25)11-15-21/h8-15,22H,4-7,16-17H2,1-3H3,(H,26,29)/t22-/m0/s1. The molecule has 0 aliphatic rings. The molecule has 2 aromatic rings. The van der Waals surface area contributed by atoms with E-state index in [0.717, 1.165) is 11.3 Å². The van der Waals surface area contributed by atoms with E-state index >= 15 is 0 Å². The number of carbonyl (C=O) groups excluding carboxylic acids is 2. The number of rotatable bonds is 12. The number of hydrogen-bond acceptors (Lipinski definition) is 4. The van der Waals surface area contributed by atoms with Crippen molar-refractivity contribution in [3.63, 3.8) is 0 Å². The van der Waals surface area contributed by atoms with Crippen LogP contribution in [0.5, 0.6) is 11.5 Å². The Balaban J connectivity index is 2.03. The number of nitrogens with zero attached hydrogens (tertiary/aromatic N) is 1. The first-order valence-corrected chi connectivity index (χ1v) is 10.9. The van der Waals surface area contributed by atoms with Gasteiger partial charge in [-0.05, 0) is 61.7 Å². The molecule has 0 heterocycles. The molecule has 2 rings (SSSR count). The van der Waals surface area contributed by atoms with Crippen LogP contribution in [0.15, 0.2) is 48.5 Å². The SMILES string of the molecule is CCNC(=O)[C@H](CC)N(Cc1ccc(OC)cc1)C(=O)CCCOc1ccc(Cl)cc1. The Morgan fingerprint density at radius 1 is 1.03 bits per heavy atom. The van der Waals surface area contributed by atoms with E-state index < -0.39 is 6.04 Å². The number of hydrogen-bond donors (Lipinski definition) is 1. The molecule has 0 radical (unpaired) electrons. The Hall–Kier alpha value is -2.73. The molecule has 0 aliphatic heterocycles. The second-order valence-corrected chi connectivity index (χ2v) is 7.53. The van der Waals surface area contributed by atoms with Crippen molar-refractivity contribution in [3.05, 3.63) is 59.1 Å². The summed E-state index contributed by atoms with van der Waals surface area (Å²) in [5, 5.41) is 3.49. The lowest BCUT2D eigenvalue weighted by atomic mass is 10.1. The second kappa shape index (κ2) is 12.8. The molecule has 0 aromatic heterocycles. The van der Waals surface area contributed by atoms with Gasteiger partial charge in [0.2, 0.25) is 11.8 Å². The van der Waals surface area contributed by atoms with E-state index in [4.69, 9.17) is 21.1 Å². The topological polar surface area (TPSA) is 67.9 Å². The van der Waals surface area contributed by atoms with Crippen LogP contribution in [0.1, 0.15) is 38.7 Å². The zero-order valence-corrected chi connectivity index (χ0v) is 19.2. The van der Waals surface area contributed by atoms with Gasteiger partial charge in [-0.1, -0.05) is 30.7 Å². The molecular formula is C24H31ClN2O4. The molecule has 6 nitrogen and oxygen atoms in total. The van der Waals surface area contributed by atoms with Crippen LogP contribution in [-0.4, -0.2) is 43.0 Å². The molecule has 0 saturated heterocycles. The smallest absolute Gasteiger partial charge is 0.242 e. The van der Waals surface area contributed by atoms with Crippen LogP contribution < -0.4 is 14.8 Å². The highest BCUT2D eigenvalue weighted by Gasteiger charge is 2.28. The molecule has 0 spiro atoms. The van der Waals surface area contributed by atoms with E-state index in [-0.39, 0.29) is 11.8 Å². The predicted octanol–water partition coefficient (Wildman–Crippen LogP) is 4.45. The third kappa shape index (κ3) is 7.79. The van der Waals surface area contributed by atoms with Crippen molar-refractivity contribution in [1.82, 2.24) is 10.2 Å². The zero-order valence-electron chi connectivity index (χ0n) is 18.4. The molecule has 2 aromatic carbocycles. The maximum atomic E-state index is 13.1. The summed E-state index contributed by atoms with van der Waals surface area (Å²) >= 11 is 5.88. The average Bonchev–Trinajstić information content (AvgIpc) is 2.78. The van der Waals surface area contributed by atoms with E-state index in [2.05, 4.69) is 5.32 Å². The lowest BCUT2D eigenvalue weighted by Gasteiger charge is -2.30. The summed E-state index contributed by atoms with van der Waals surface area (Å²) in [5.41, 5.74) is 0.939. The van der Waals surface area contributed by atoms with Crippen LogP contribution >= 0.6 is 11.6 Å². The lowest BCUT2D eigenvalue weighted by molar-refractivity contribution is -0.141. The van der Waals surface area contributed by atoms with Gasteiger partial charge in [0.25, 0.3) is 0 Å². The number of ether oxygens (including phenoxy) is 2. The van der Waals surface area contributed by atoms with E-state index in [1.165, 1.54) is 0 Å². The van der Waals surface area contributed by atoms with Gasteiger partial charge in [0.15, 0.2) is 0 Å². The van der Waals surface area contributed by atoms with Gasteiger partial charge in [-0.25, -0.2) is 0 Å². The van der Waals surface area contributed by atoms with Crippen molar-refractivity contribution < 1.29 is 19.1 Å². The molecular weight excluding hydrogens is 416 g/mol. The van der Waals surface area contributed by atoms with E-state index in [0.29, 0.717) is 49.7 Å². The van der Waals surface area contributed by atoms with Gasteiger partial charge in [0.1, 0.15) is 17.5 Å². The molecule has 0 unspecified atom stereocenters. The molecule has 0 saturated carbocycles. The van der Waals surface area contributed by atoms with Crippen molar-refractivity contribution in [2.75, 3.05) is 20.3 Å². The van der Waals surface area contributed by atoms with Gasteiger partial charge in [-0.2, -0.15) is 0 Å². The maximum Gasteiger partial charge on any atom is 0.242 e. The van der Waals surface area contributed by atoms with Gasteiger partial charge in [0, 0.05) is 24.5 Å². The van der Waals surface area contributed by atoms with E-state index in [1.807, 2.05) is 38.1 Å². The Morgan fingerprint density at radius 3 is 2.26 bits per heavy atom. The Labute approximate surface area is 189 Å². The van der Waals surface area contributed by atoms with Crippen molar-refractivity contribution in [1.29, 1.82) is 0 Å². The largest absolute Gasteiger partial charge is 0.497 e. The fourth-order valence-corrected chi connectivity index (χ4v) is 3.35. The summed E-state index contributed by atoms with van der Waals surface area (Å²) in [6.07, 6.45) is 1.38. The molecule has 1 N–H and O–H groups in total. The van der Waals surface area contributed by atoms with Crippen molar-refractivity contribution in [3.8, 4) is 11.5 Å². The number of halogens is 1. The van der Waals surface area contributed by atoms with Crippen LogP contribution in [0.25, 0.3) is 0 Å². The molecule has 1 atom stereocenters. The molecule has 31 heavy (non-hydrogen) atoms. The minimum atomic E-state index is -0.522. The first-order valence-electron chi connectivity index (χ1n) is 10.6. The third-order valence-electron chi connectivity index (χ3n) is 4.87. The van der Waals surface area contributed by atoms with Crippen LogP contribution in [0.3, 0.4) is 0 Å². The van der Waals surface area contributed by atoms with Gasteiger partial charge >= 0.3 is 0 Å². The van der Waals surface area contributed by atoms with Gasteiger partial charge in [-0.3, -0.25) is 9.59 Å². The van der Waals surface area contributed by atoms with E-state index in [9.17, 15) is 9.59 Å². The lowest BCUT2D eigenvalue weighted by Crippen LogP contribution is -2.49. The van der Waals surface area contributed by atoms with Crippen LogP contribution in [0, 0.1) is 0 Å². The molecule has 2 amide bonds. The summed E-state index contributed by atoms with van der Waals surface area (Å²) in [6, 6.07) is 14.1. The highest BCUT2D eigenvalue weighted by atomic mass is 35.5.